The van der Waals surface area contributed by atoms with E-state index in [1.165, 1.54) is 52.5 Å². The van der Waals surface area contributed by atoms with Crippen LogP contribution >= 0.6 is 11.3 Å². The van der Waals surface area contributed by atoms with Crippen LogP contribution in [0.25, 0.3) is 21.2 Å². The first-order valence-corrected chi connectivity index (χ1v) is 12.3. The molecule has 2 aromatic carbocycles. The Hall–Kier alpha value is -2.93. The topological polar surface area (TPSA) is 49.4 Å². The fourth-order valence-electron chi connectivity index (χ4n) is 4.55. The normalized spacial score (nSPS) is 12.7. The Morgan fingerprint density at radius 2 is 1.75 bits per heavy atom. The number of fused-ring (bicyclic) bond motifs is 2. The Morgan fingerprint density at radius 1 is 1.08 bits per heavy atom. The maximum Gasteiger partial charge on any atom is 0.306 e. The van der Waals surface area contributed by atoms with Crippen molar-refractivity contribution < 1.29 is 34.6 Å². The minimum atomic E-state index is -0.125. The zero-order valence-corrected chi connectivity index (χ0v) is 24.5. The van der Waals surface area contributed by atoms with Crippen molar-refractivity contribution in [2.75, 3.05) is 7.05 Å². The van der Waals surface area contributed by atoms with E-state index in [4.69, 9.17) is 5.11 Å². The van der Waals surface area contributed by atoms with Crippen LogP contribution in [0.5, 0.6) is 0 Å². The van der Waals surface area contributed by atoms with Gasteiger partial charge in [-0.25, -0.2) is 11.3 Å². The van der Waals surface area contributed by atoms with E-state index in [1.807, 2.05) is 0 Å². The standard InChI is InChI=1S/C23H21BN3S.C5H8O2.Ir/c1-16-8-7-9-17(2)22(16)24-23-19(12-13-26(24)4)27(15-25(23)3)21-14-18-10-5-6-11-20(18)28-21;1-4(6)3-5(2)7;/h5-13H,1-4H3;3,6H,1-2H3;/q-1;;/b;4-3-;. The summed E-state index contributed by atoms with van der Waals surface area (Å²) in [4.78, 5) is 12.3. The molecule has 0 unspecified atom stereocenters. The Morgan fingerprint density at radius 3 is 2.33 bits per heavy atom. The molecule has 0 atom stereocenters. The molecule has 187 valence electrons. The van der Waals surface area contributed by atoms with Crippen molar-refractivity contribution in [2.24, 2.45) is 7.05 Å². The number of rotatable bonds is 3. The first-order valence-electron chi connectivity index (χ1n) is 11.5. The van der Waals surface area contributed by atoms with Crippen molar-refractivity contribution in [3.05, 3.63) is 89.7 Å². The summed E-state index contributed by atoms with van der Waals surface area (Å²) in [5.74, 6) is -0.0625. The van der Waals surface area contributed by atoms with Crippen LogP contribution in [0.15, 0.2) is 60.5 Å². The molecule has 1 N–H and O–H groups in total. The molecule has 0 spiro atoms. The molecule has 0 amide bonds. The van der Waals surface area contributed by atoms with E-state index in [-0.39, 0.29) is 38.5 Å². The van der Waals surface area contributed by atoms with Crippen LogP contribution in [-0.4, -0.2) is 34.2 Å². The Bertz CT molecular complexity index is 1410. The largest absolute Gasteiger partial charge is 0.512 e. The Kier molecular flexibility index (Phi) is 8.77. The van der Waals surface area contributed by atoms with Gasteiger partial charge in [-0.15, -0.1) is 12.1 Å². The third-order valence-corrected chi connectivity index (χ3v) is 7.07. The number of aryl methyl sites for hydroxylation is 3. The second-order valence-corrected chi connectivity index (χ2v) is 9.91. The van der Waals surface area contributed by atoms with E-state index in [0.29, 0.717) is 0 Å². The first kappa shape index (κ1) is 27.7. The summed E-state index contributed by atoms with van der Waals surface area (Å²) in [5, 5.41) is 10.6. The van der Waals surface area contributed by atoms with Gasteiger partial charge in [-0.05, 0) is 47.0 Å². The molecule has 1 aliphatic rings. The molecule has 1 radical (unpaired) electrons. The van der Waals surface area contributed by atoms with Gasteiger partial charge >= 0.3 is 6.85 Å². The fourth-order valence-corrected chi connectivity index (χ4v) is 5.52. The van der Waals surface area contributed by atoms with E-state index in [0.717, 1.165) is 10.4 Å². The summed E-state index contributed by atoms with van der Waals surface area (Å²) in [7, 11) is 4.25. The molecular formula is C28H29BIrN3O2S-. The average molecular weight is 675 g/mol. The minimum absolute atomic E-state index is 0. The van der Waals surface area contributed by atoms with Gasteiger partial charge in [0.2, 0.25) is 6.33 Å². The number of aliphatic hydroxyl groups is 1. The van der Waals surface area contributed by atoms with Crippen LogP contribution in [0.2, 0.25) is 0 Å². The van der Waals surface area contributed by atoms with E-state index >= 15 is 0 Å². The van der Waals surface area contributed by atoms with Crippen molar-refractivity contribution >= 4 is 51.2 Å². The van der Waals surface area contributed by atoms with E-state index in [1.54, 1.807) is 11.3 Å². The van der Waals surface area contributed by atoms with Crippen LogP contribution in [0.3, 0.4) is 0 Å². The third kappa shape index (κ3) is 5.56. The summed E-state index contributed by atoms with van der Waals surface area (Å²) in [6, 6.07) is 18.5. The van der Waals surface area contributed by atoms with Gasteiger partial charge in [0, 0.05) is 42.5 Å². The van der Waals surface area contributed by atoms with Crippen LogP contribution in [0, 0.1) is 26.2 Å². The number of allylic oxidation sites excluding steroid dienone is 2. The van der Waals surface area contributed by atoms with Crippen molar-refractivity contribution in [2.45, 2.75) is 27.7 Å². The molecule has 0 bridgehead atoms. The number of aliphatic hydroxyl groups excluding tert-OH is 1. The molecule has 0 aliphatic carbocycles. The summed E-state index contributed by atoms with van der Waals surface area (Å²) in [5.41, 5.74) is 6.44. The van der Waals surface area contributed by atoms with Crippen molar-refractivity contribution in [3.8, 4) is 5.00 Å². The molecule has 0 saturated heterocycles. The van der Waals surface area contributed by atoms with E-state index in [2.05, 4.69) is 109 Å². The number of carbonyl (C=O) groups excluding carboxylic acids is 1. The molecular weight excluding hydrogens is 645 g/mol. The Labute approximate surface area is 230 Å². The van der Waals surface area contributed by atoms with Gasteiger partial charge in [0.1, 0.15) is 0 Å². The number of ketones is 1. The number of hydrogen-bond acceptors (Lipinski definition) is 4. The molecule has 8 heteroatoms. The maximum absolute atomic E-state index is 10.0. The monoisotopic (exact) mass is 675 g/mol. The first-order chi connectivity index (χ1) is 16.7. The Balaban J connectivity index is 0.000000400. The summed E-state index contributed by atoms with van der Waals surface area (Å²) < 4.78 is 5.55. The second kappa shape index (κ2) is 11.4. The number of nitrogens with zero attached hydrogens (tertiary/aromatic N) is 3. The molecule has 3 heterocycles. The average Bonchev–Trinajstić information content (AvgIpc) is 3.35. The second-order valence-electron chi connectivity index (χ2n) is 8.88. The molecule has 0 saturated carbocycles. The minimum Gasteiger partial charge on any atom is -0.512 e. The summed E-state index contributed by atoms with van der Waals surface area (Å²) in [6.45, 7) is 7.42. The zero-order chi connectivity index (χ0) is 25.3. The maximum atomic E-state index is 10.0. The number of aromatic nitrogens is 2. The SMILES string of the molecule is CC(=O)/C=C(/C)O.Cc1cccc(C)c1B1c2c([n+](-c3[c-]c4ccccc4s3)[c-]n2C)C=CN1C.[Ir]. The van der Waals surface area contributed by atoms with Gasteiger partial charge in [-0.3, -0.25) is 4.79 Å². The molecule has 36 heavy (non-hydrogen) atoms. The van der Waals surface area contributed by atoms with Crippen molar-refractivity contribution in [1.29, 1.82) is 0 Å². The molecule has 4 aromatic rings. The van der Waals surface area contributed by atoms with Crippen LogP contribution in [0.4, 0.5) is 0 Å². The van der Waals surface area contributed by atoms with Gasteiger partial charge in [-0.2, -0.15) is 17.5 Å². The molecule has 5 rings (SSSR count). The molecule has 2 aromatic heterocycles. The predicted octanol–water partition coefficient (Wildman–Crippen LogP) is 3.79. The summed E-state index contributed by atoms with van der Waals surface area (Å²) in [6.07, 6.45) is 9.06. The number of benzene rings is 2. The van der Waals surface area contributed by atoms with Crippen molar-refractivity contribution in [3.63, 3.8) is 0 Å². The van der Waals surface area contributed by atoms with E-state index in [9.17, 15) is 4.79 Å². The van der Waals surface area contributed by atoms with Gasteiger partial charge in [0.25, 0.3) is 0 Å². The van der Waals surface area contributed by atoms with Gasteiger partial charge < -0.3 is 19.1 Å². The zero-order valence-electron chi connectivity index (χ0n) is 21.3. The number of imidazole rings is 1. The smallest absolute Gasteiger partial charge is 0.306 e. The molecule has 0 fully saturated rings. The fraction of sp³-hybridized carbons (Fsp3) is 0.214. The number of thiophene rings is 1. The molecule has 5 nitrogen and oxygen atoms in total. The van der Waals surface area contributed by atoms with Gasteiger partial charge in [-0.1, -0.05) is 45.6 Å². The summed E-state index contributed by atoms with van der Waals surface area (Å²) >= 11 is 1.76. The number of carbonyl (C=O) groups is 1. The number of hydrogen-bond donors (Lipinski definition) is 1. The molecule has 1 aliphatic heterocycles. The van der Waals surface area contributed by atoms with Crippen molar-refractivity contribution in [1.82, 2.24) is 9.38 Å². The van der Waals surface area contributed by atoms with E-state index < -0.39 is 0 Å². The third-order valence-electron chi connectivity index (χ3n) is 6.01. The van der Waals surface area contributed by atoms with Crippen LogP contribution in [0.1, 0.15) is 30.7 Å². The quantitative estimate of drug-likeness (QED) is 0.118. The van der Waals surface area contributed by atoms with Crippen LogP contribution in [-0.2, 0) is 31.9 Å². The predicted molar refractivity (Wildman–Crippen MR) is 145 cm³/mol. The van der Waals surface area contributed by atoms with Gasteiger partial charge in [0.05, 0.1) is 12.8 Å². The van der Waals surface area contributed by atoms with Gasteiger partial charge in [0.15, 0.2) is 5.78 Å². The van der Waals surface area contributed by atoms with Crippen LogP contribution < -0.4 is 15.6 Å².